The summed E-state index contributed by atoms with van der Waals surface area (Å²) in [7, 11) is 0. The lowest BCUT2D eigenvalue weighted by molar-refractivity contribution is -0.155. The molecule has 9 nitrogen and oxygen atoms in total. The Kier molecular flexibility index (Phi) is 8.00. The number of nitrogens with zero attached hydrogens (tertiary/aromatic N) is 3. The van der Waals surface area contributed by atoms with Gasteiger partial charge < -0.3 is 24.2 Å². The molecule has 9 heteroatoms. The first kappa shape index (κ1) is 22.7. The number of ketones is 1. The van der Waals surface area contributed by atoms with Crippen molar-refractivity contribution in [3.8, 4) is 5.75 Å². The van der Waals surface area contributed by atoms with Crippen LogP contribution in [0.3, 0.4) is 0 Å². The van der Waals surface area contributed by atoms with E-state index in [0.29, 0.717) is 70.4 Å². The van der Waals surface area contributed by atoms with Gasteiger partial charge in [-0.25, -0.2) is 0 Å². The summed E-state index contributed by atoms with van der Waals surface area (Å²) in [5, 5.41) is 0. The number of carbonyl (C=O) groups excluding carboxylic acids is 4. The van der Waals surface area contributed by atoms with Crippen LogP contribution < -0.4 is 4.74 Å². The topological polar surface area (TPSA) is 96.5 Å². The van der Waals surface area contributed by atoms with Gasteiger partial charge in [0, 0.05) is 57.7 Å². The van der Waals surface area contributed by atoms with Crippen molar-refractivity contribution < 1.29 is 28.7 Å². The largest absolute Gasteiger partial charge is 0.494 e. The molecule has 0 bridgehead atoms. The molecule has 0 spiro atoms. The first-order valence-electron chi connectivity index (χ1n) is 10.7. The zero-order chi connectivity index (χ0) is 22.2. The Morgan fingerprint density at radius 3 is 1.94 bits per heavy atom. The predicted octanol–water partition coefficient (Wildman–Crippen LogP) is 0.578. The molecule has 0 aliphatic carbocycles. The molecular formula is C22H29N3O6. The van der Waals surface area contributed by atoms with Gasteiger partial charge in [0.25, 0.3) is 0 Å². The van der Waals surface area contributed by atoms with Gasteiger partial charge in [0.1, 0.15) is 5.75 Å². The van der Waals surface area contributed by atoms with Gasteiger partial charge in [0.05, 0.1) is 19.8 Å². The monoisotopic (exact) mass is 431 g/mol. The van der Waals surface area contributed by atoms with Crippen LogP contribution in [0, 0.1) is 0 Å². The third-order valence-corrected chi connectivity index (χ3v) is 5.45. The first-order valence-corrected chi connectivity index (χ1v) is 10.7. The normalized spacial score (nSPS) is 16.7. The van der Waals surface area contributed by atoms with E-state index >= 15 is 0 Å². The van der Waals surface area contributed by atoms with Gasteiger partial charge in [-0.05, 0) is 31.2 Å². The van der Waals surface area contributed by atoms with Crippen LogP contribution in [0.4, 0.5) is 0 Å². The van der Waals surface area contributed by atoms with Crippen LogP contribution in [-0.4, -0.2) is 97.3 Å². The maximum Gasteiger partial charge on any atom is 0.312 e. The smallest absolute Gasteiger partial charge is 0.312 e. The number of hydrogen-bond donors (Lipinski definition) is 0. The minimum absolute atomic E-state index is 0.0960. The molecular weight excluding hydrogens is 402 g/mol. The highest BCUT2D eigenvalue weighted by Crippen LogP contribution is 2.15. The van der Waals surface area contributed by atoms with Crippen LogP contribution >= 0.6 is 0 Å². The molecule has 3 rings (SSSR count). The molecule has 168 valence electrons. The number of ether oxygens (including phenoxy) is 2. The van der Waals surface area contributed by atoms with E-state index in [2.05, 4.69) is 0 Å². The van der Waals surface area contributed by atoms with E-state index < -0.39 is 11.8 Å². The Labute approximate surface area is 181 Å². The molecule has 2 aliphatic heterocycles. The summed E-state index contributed by atoms with van der Waals surface area (Å²) in [4.78, 5) is 54.3. The fourth-order valence-electron chi connectivity index (χ4n) is 3.62. The number of hydrogen-bond acceptors (Lipinski definition) is 6. The summed E-state index contributed by atoms with van der Waals surface area (Å²) in [6.07, 6.45) is 0.244. The predicted molar refractivity (Wildman–Crippen MR) is 112 cm³/mol. The summed E-state index contributed by atoms with van der Waals surface area (Å²) >= 11 is 0. The number of benzene rings is 1. The van der Waals surface area contributed by atoms with Gasteiger partial charge in [-0.2, -0.15) is 0 Å². The van der Waals surface area contributed by atoms with Crippen molar-refractivity contribution in [1.29, 1.82) is 0 Å². The van der Waals surface area contributed by atoms with Gasteiger partial charge in [-0.15, -0.1) is 0 Å². The van der Waals surface area contributed by atoms with Gasteiger partial charge >= 0.3 is 11.8 Å². The molecule has 0 atom stereocenters. The Morgan fingerprint density at radius 2 is 1.35 bits per heavy atom. The molecule has 2 aliphatic rings. The number of carbonyl (C=O) groups is 4. The highest BCUT2D eigenvalue weighted by atomic mass is 16.5. The lowest BCUT2D eigenvalue weighted by Gasteiger charge is -2.35. The molecule has 2 saturated heterocycles. The summed E-state index contributed by atoms with van der Waals surface area (Å²) in [6.45, 7) is 5.52. The van der Waals surface area contributed by atoms with Crippen molar-refractivity contribution in [2.75, 3.05) is 59.1 Å². The number of morpholine rings is 1. The third kappa shape index (κ3) is 6.04. The maximum absolute atomic E-state index is 12.5. The number of piperazine rings is 1. The summed E-state index contributed by atoms with van der Waals surface area (Å²) in [6, 6.07) is 6.89. The Bertz CT molecular complexity index is 796. The second-order valence-electron chi connectivity index (χ2n) is 7.46. The number of Topliss-reactive ketones (excluding diaryl/α,β-unsaturated/α-hetero) is 1. The number of rotatable bonds is 6. The molecule has 1 aromatic rings. The van der Waals surface area contributed by atoms with E-state index in [9.17, 15) is 19.2 Å². The molecule has 2 fully saturated rings. The zero-order valence-corrected chi connectivity index (χ0v) is 17.9. The second kappa shape index (κ2) is 10.9. The van der Waals surface area contributed by atoms with Gasteiger partial charge in [0.2, 0.25) is 5.91 Å². The van der Waals surface area contributed by atoms with Crippen molar-refractivity contribution in [3.05, 3.63) is 29.8 Å². The molecule has 0 N–H and O–H groups in total. The first-order chi connectivity index (χ1) is 15.0. The van der Waals surface area contributed by atoms with E-state index in [4.69, 9.17) is 9.47 Å². The molecule has 2 heterocycles. The zero-order valence-electron chi connectivity index (χ0n) is 17.9. The van der Waals surface area contributed by atoms with E-state index in [1.165, 1.54) is 9.80 Å². The van der Waals surface area contributed by atoms with Crippen LogP contribution in [0.1, 0.15) is 30.1 Å². The second-order valence-corrected chi connectivity index (χ2v) is 7.46. The molecule has 0 radical (unpaired) electrons. The summed E-state index contributed by atoms with van der Waals surface area (Å²) < 4.78 is 10.6. The maximum atomic E-state index is 12.5. The van der Waals surface area contributed by atoms with E-state index in [1.807, 2.05) is 6.92 Å². The van der Waals surface area contributed by atoms with Gasteiger partial charge in [-0.3, -0.25) is 19.2 Å². The van der Waals surface area contributed by atoms with Crippen molar-refractivity contribution in [2.24, 2.45) is 0 Å². The Balaban J connectivity index is 1.41. The standard InChI is InChI=1S/C22H29N3O6/c1-2-31-18-5-3-17(4-6-18)19(26)7-8-20(27)23-9-11-24(12-10-23)21(28)22(29)25-13-15-30-16-14-25/h3-6H,2,7-16H2,1H3. The lowest BCUT2D eigenvalue weighted by Crippen LogP contribution is -2.55. The average molecular weight is 431 g/mol. The van der Waals surface area contributed by atoms with Crippen molar-refractivity contribution in [3.63, 3.8) is 0 Å². The quantitative estimate of drug-likeness (QED) is 0.483. The molecule has 3 amide bonds. The molecule has 0 saturated carbocycles. The number of amides is 3. The minimum Gasteiger partial charge on any atom is -0.494 e. The summed E-state index contributed by atoms with van der Waals surface area (Å²) in [5.41, 5.74) is 0.549. The van der Waals surface area contributed by atoms with E-state index in [1.54, 1.807) is 29.2 Å². The van der Waals surface area contributed by atoms with Crippen LogP contribution in [0.25, 0.3) is 0 Å². The minimum atomic E-state index is -0.528. The lowest BCUT2D eigenvalue weighted by atomic mass is 10.1. The van der Waals surface area contributed by atoms with Crippen molar-refractivity contribution in [2.45, 2.75) is 19.8 Å². The third-order valence-electron chi connectivity index (χ3n) is 5.45. The highest BCUT2D eigenvalue weighted by molar-refractivity contribution is 6.34. The average Bonchev–Trinajstić information content (AvgIpc) is 2.82. The molecule has 0 unspecified atom stereocenters. The van der Waals surface area contributed by atoms with Crippen LogP contribution in [0.15, 0.2) is 24.3 Å². The van der Waals surface area contributed by atoms with Gasteiger partial charge in [-0.1, -0.05) is 0 Å². The molecule has 0 aromatic heterocycles. The highest BCUT2D eigenvalue weighted by Gasteiger charge is 2.31. The fourth-order valence-corrected chi connectivity index (χ4v) is 3.62. The Morgan fingerprint density at radius 1 is 0.806 bits per heavy atom. The van der Waals surface area contributed by atoms with Crippen LogP contribution in [0.2, 0.25) is 0 Å². The SMILES string of the molecule is CCOc1ccc(C(=O)CCC(=O)N2CCN(C(=O)C(=O)N3CCOCC3)CC2)cc1. The Hall–Kier alpha value is -2.94. The molecule has 1 aromatic carbocycles. The molecule has 31 heavy (non-hydrogen) atoms. The van der Waals surface area contributed by atoms with E-state index in [0.717, 1.165) is 0 Å². The fraction of sp³-hybridized carbons (Fsp3) is 0.545. The van der Waals surface area contributed by atoms with E-state index in [-0.39, 0.29) is 24.5 Å². The van der Waals surface area contributed by atoms with Crippen LogP contribution in [-0.2, 0) is 19.1 Å². The summed E-state index contributed by atoms with van der Waals surface area (Å²) in [5.74, 6) is -0.550. The van der Waals surface area contributed by atoms with Crippen molar-refractivity contribution >= 4 is 23.5 Å². The van der Waals surface area contributed by atoms with Gasteiger partial charge in [0.15, 0.2) is 5.78 Å². The van der Waals surface area contributed by atoms with Crippen molar-refractivity contribution in [1.82, 2.24) is 14.7 Å². The van der Waals surface area contributed by atoms with Crippen LogP contribution in [0.5, 0.6) is 5.75 Å².